The van der Waals surface area contributed by atoms with Crippen LogP contribution < -0.4 is 5.46 Å². The Kier molecular flexibility index (Phi) is 4.02. The average molecular weight is 254 g/mol. The summed E-state index contributed by atoms with van der Waals surface area (Å²) in [6, 6.07) is 2.74. The lowest BCUT2D eigenvalue weighted by molar-refractivity contribution is 0.339. The zero-order chi connectivity index (χ0) is 13.3. The molecule has 0 unspecified atom stereocenters. The molecule has 5 heteroatoms. The van der Waals surface area contributed by atoms with Gasteiger partial charge in [-0.3, -0.25) is 0 Å². The highest BCUT2D eigenvalue weighted by atomic mass is 19.2. The van der Waals surface area contributed by atoms with Crippen LogP contribution in [-0.4, -0.2) is 17.2 Å². The molecule has 1 aliphatic carbocycles. The Hall–Kier alpha value is -0.935. The standard InChI is InChI=1S/C13H17BF2O2/c1-8-2-4-9(5-3-8)10-6-7-11(14(17)18)13(16)12(10)15/h6-9,17-18H,2-5H2,1H3. The van der Waals surface area contributed by atoms with Gasteiger partial charge in [-0.05, 0) is 30.2 Å². The second-order valence-corrected chi connectivity index (χ2v) is 5.20. The van der Waals surface area contributed by atoms with Crippen molar-refractivity contribution >= 4 is 12.6 Å². The number of benzene rings is 1. The highest BCUT2D eigenvalue weighted by Gasteiger charge is 2.27. The summed E-state index contributed by atoms with van der Waals surface area (Å²) in [4.78, 5) is 0. The summed E-state index contributed by atoms with van der Waals surface area (Å²) in [6.45, 7) is 2.17. The second-order valence-electron chi connectivity index (χ2n) is 5.20. The lowest BCUT2D eigenvalue weighted by atomic mass is 9.75. The van der Waals surface area contributed by atoms with Crippen molar-refractivity contribution in [2.24, 2.45) is 5.92 Å². The van der Waals surface area contributed by atoms with Crippen molar-refractivity contribution in [2.75, 3.05) is 0 Å². The van der Waals surface area contributed by atoms with Gasteiger partial charge in [0, 0.05) is 5.46 Å². The Bertz CT molecular complexity index is 429. The number of hydrogen-bond acceptors (Lipinski definition) is 2. The summed E-state index contributed by atoms with van der Waals surface area (Å²) in [7, 11) is -1.97. The van der Waals surface area contributed by atoms with Gasteiger partial charge in [-0.15, -0.1) is 0 Å². The van der Waals surface area contributed by atoms with Crippen molar-refractivity contribution in [3.05, 3.63) is 29.3 Å². The molecule has 18 heavy (non-hydrogen) atoms. The van der Waals surface area contributed by atoms with E-state index in [1.54, 1.807) is 0 Å². The fraction of sp³-hybridized carbons (Fsp3) is 0.538. The minimum absolute atomic E-state index is 0.0422. The van der Waals surface area contributed by atoms with E-state index in [2.05, 4.69) is 6.92 Å². The molecule has 0 aliphatic heterocycles. The van der Waals surface area contributed by atoms with Crippen LogP contribution in [0.1, 0.15) is 44.1 Å². The van der Waals surface area contributed by atoms with E-state index in [1.807, 2.05) is 0 Å². The molecule has 0 saturated heterocycles. The van der Waals surface area contributed by atoms with E-state index in [0.29, 0.717) is 11.5 Å². The minimum atomic E-state index is -1.97. The molecular formula is C13H17BF2O2. The van der Waals surface area contributed by atoms with Crippen molar-refractivity contribution in [1.29, 1.82) is 0 Å². The van der Waals surface area contributed by atoms with Crippen LogP contribution in [-0.2, 0) is 0 Å². The SMILES string of the molecule is CC1CCC(c2ccc(B(O)O)c(F)c2F)CC1. The van der Waals surface area contributed by atoms with Gasteiger partial charge in [0.1, 0.15) is 0 Å². The largest absolute Gasteiger partial charge is 0.491 e. The average Bonchev–Trinajstić information content (AvgIpc) is 2.33. The fourth-order valence-corrected chi connectivity index (χ4v) is 2.67. The Labute approximate surface area is 106 Å². The molecule has 0 atom stereocenters. The smallest absolute Gasteiger partial charge is 0.423 e. The van der Waals surface area contributed by atoms with E-state index in [-0.39, 0.29) is 5.92 Å². The molecule has 0 aromatic heterocycles. The van der Waals surface area contributed by atoms with Gasteiger partial charge in [-0.1, -0.05) is 31.9 Å². The predicted molar refractivity (Wildman–Crippen MR) is 66.6 cm³/mol. The van der Waals surface area contributed by atoms with Crippen molar-refractivity contribution in [2.45, 2.75) is 38.5 Å². The van der Waals surface area contributed by atoms with E-state index in [0.717, 1.165) is 25.7 Å². The molecule has 0 amide bonds. The third kappa shape index (κ3) is 2.57. The topological polar surface area (TPSA) is 40.5 Å². The molecule has 0 bridgehead atoms. The monoisotopic (exact) mass is 254 g/mol. The van der Waals surface area contributed by atoms with E-state index >= 15 is 0 Å². The number of halogens is 2. The van der Waals surface area contributed by atoms with Gasteiger partial charge in [0.05, 0.1) is 0 Å². The van der Waals surface area contributed by atoms with Gasteiger partial charge < -0.3 is 10.0 Å². The minimum Gasteiger partial charge on any atom is -0.423 e. The van der Waals surface area contributed by atoms with E-state index in [9.17, 15) is 8.78 Å². The summed E-state index contributed by atoms with van der Waals surface area (Å²) in [5.74, 6) is -1.38. The van der Waals surface area contributed by atoms with E-state index in [1.165, 1.54) is 12.1 Å². The molecular weight excluding hydrogens is 237 g/mol. The molecule has 1 aromatic carbocycles. The molecule has 0 radical (unpaired) electrons. The van der Waals surface area contributed by atoms with E-state index < -0.39 is 24.2 Å². The van der Waals surface area contributed by atoms with Crippen LogP contribution in [0.25, 0.3) is 0 Å². The first kappa shape index (κ1) is 13.5. The molecule has 0 spiro atoms. The maximum absolute atomic E-state index is 13.9. The first-order chi connectivity index (χ1) is 8.50. The van der Waals surface area contributed by atoms with Gasteiger partial charge in [-0.2, -0.15) is 0 Å². The first-order valence-electron chi connectivity index (χ1n) is 6.34. The zero-order valence-corrected chi connectivity index (χ0v) is 10.4. The zero-order valence-electron chi connectivity index (χ0n) is 10.4. The summed E-state index contributed by atoms with van der Waals surface area (Å²) in [6.07, 6.45) is 3.77. The summed E-state index contributed by atoms with van der Waals surface area (Å²) >= 11 is 0. The first-order valence-corrected chi connectivity index (χ1v) is 6.34. The van der Waals surface area contributed by atoms with Crippen molar-refractivity contribution in [3.8, 4) is 0 Å². The third-order valence-electron chi connectivity index (χ3n) is 3.88. The van der Waals surface area contributed by atoms with Crippen molar-refractivity contribution in [3.63, 3.8) is 0 Å². The van der Waals surface area contributed by atoms with Crippen molar-refractivity contribution < 1.29 is 18.8 Å². The fourth-order valence-electron chi connectivity index (χ4n) is 2.67. The Morgan fingerprint density at radius 1 is 1.06 bits per heavy atom. The lowest BCUT2D eigenvalue weighted by Crippen LogP contribution is -2.34. The van der Waals surface area contributed by atoms with Crippen LogP contribution in [0.4, 0.5) is 8.78 Å². The molecule has 0 heterocycles. The molecule has 2 rings (SSSR count). The van der Waals surface area contributed by atoms with Crippen molar-refractivity contribution in [1.82, 2.24) is 0 Å². The highest BCUT2D eigenvalue weighted by Crippen LogP contribution is 2.36. The van der Waals surface area contributed by atoms with Crippen LogP contribution in [0.2, 0.25) is 0 Å². The van der Waals surface area contributed by atoms with Crippen LogP contribution in [0, 0.1) is 17.6 Å². The molecule has 2 N–H and O–H groups in total. The van der Waals surface area contributed by atoms with Gasteiger partial charge in [0.25, 0.3) is 0 Å². The summed E-state index contributed by atoms with van der Waals surface area (Å²) in [5, 5.41) is 17.8. The van der Waals surface area contributed by atoms with Gasteiger partial charge >= 0.3 is 7.12 Å². The quantitative estimate of drug-likeness (QED) is 0.792. The Morgan fingerprint density at radius 3 is 2.22 bits per heavy atom. The Morgan fingerprint density at radius 2 is 1.67 bits per heavy atom. The van der Waals surface area contributed by atoms with E-state index in [4.69, 9.17) is 10.0 Å². The molecule has 1 aromatic rings. The summed E-state index contributed by atoms with van der Waals surface area (Å²) in [5.41, 5.74) is -0.0378. The van der Waals surface area contributed by atoms with Crippen LogP contribution in [0.5, 0.6) is 0 Å². The molecule has 1 aliphatic rings. The maximum Gasteiger partial charge on any atom is 0.491 e. The van der Waals surface area contributed by atoms with Crippen LogP contribution in [0.3, 0.4) is 0 Å². The van der Waals surface area contributed by atoms with Gasteiger partial charge in [0.2, 0.25) is 0 Å². The van der Waals surface area contributed by atoms with Gasteiger partial charge in [0.15, 0.2) is 11.6 Å². The predicted octanol–water partition coefficient (Wildman–Crippen LogP) is 1.94. The molecule has 1 saturated carbocycles. The molecule has 98 valence electrons. The third-order valence-corrected chi connectivity index (χ3v) is 3.88. The number of rotatable bonds is 2. The Balaban J connectivity index is 2.27. The van der Waals surface area contributed by atoms with Crippen LogP contribution in [0.15, 0.2) is 12.1 Å². The maximum atomic E-state index is 13.9. The second kappa shape index (κ2) is 5.37. The van der Waals surface area contributed by atoms with Crippen LogP contribution >= 0.6 is 0 Å². The summed E-state index contributed by atoms with van der Waals surface area (Å²) < 4.78 is 27.6. The normalized spacial score (nSPS) is 24.1. The molecule has 1 fully saturated rings. The molecule has 2 nitrogen and oxygen atoms in total. The lowest BCUT2D eigenvalue weighted by Gasteiger charge is -2.27. The van der Waals surface area contributed by atoms with Gasteiger partial charge in [-0.25, -0.2) is 8.78 Å². The highest BCUT2D eigenvalue weighted by molar-refractivity contribution is 6.58. The number of hydrogen-bond donors (Lipinski definition) is 2.